The first kappa shape index (κ1) is 19.6. The molecule has 1 aliphatic carbocycles. The quantitative estimate of drug-likeness (QED) is 0.625. The Morgan fingerprint density at radius 3 is 2.66 bits per heavy atom. The van der Waals surface area contributed by atoms with E-state index in [1.807, 2.05) is 19.1 Å². The van der Waals surface area contributed by atoms with Crippen molar-refractivity contribution in [2.45, 2.75) is 46.1 Å². The van der Waals surface area contributed by atoms with Crippen molar-refractivity contribution in [3.05, 3.63) is 76.7 Å². The number of Topliss-reactive ketones (excluding diaryl/α,β-unsaturated/α-hetero) is 1. The molecule has 1 unspecified atom stereocenters. The van der Waals surface area contributed by atoms with Gasteiger partial charge in [-0.05, 0) is 47.6 Å². The van der Waals surface area contributed by atoms with Crippen LogP contribution in [-0.2, 0) is 17.6 Å². The minimum atomic E-state index is -0.0183. The van der Waals surface area contributed by atoms with E-state index in [0.29, 0.717) is 12.8 Å². The summed E-state index contributed by atoms with van der Waals surface area (Å²) in [5.74, 6) is 0.240. The molecule has 3 aromatic rings. The number of aromatic nitrogens is 2. The van der Waals surface area contributed by atoms with E-state index < -0.39 is 0 Å². The third-order valence-corrected chi connectivity index (χ3v) is 5.88. The van der Waals surface area contributed by atoms with Gasteiger partial charge in [0.05, 0.1) is 11.8 Å². The number of carbonyl (C=O) groups is 1. The Labute approximate surface area is 172 Å². The maximum Gasteiger partial charge on any atom is 0.165 e. The molecule has 1 aromatic carbocycles. The van der Waals surface area contributed by atoms with Gasteiger partial charge in [-0.1, -0.05) is 38.1 Å². The summed E-state index contributed by atoms with van der Waals surface area (Å²) in [6.45, 7) is 6.37. The predicted octanol–water partition coefficient (Wildman–Crippen LogP) is 5.53. The third-order valence-electron chi connectivity index (χ3n) is 5.88. The van der Waals surface area contributed by atoms with Gasteiger partial charge in [-0.25, -0.2) is 0 Å². The molecule has 1 atom stereocenters. The van der Waals surface area contributed by atoms with Crippen LogP contribution in [0.2, 0.25) is 0 Å². The first-order valence-corrected chi connectivity index (χ1v) is 10.2. The Bertz CT molecular complexity index is 1030. The predicted molar refractivity (Wildman–Crippen MR) is 115 cm³/mol. The van der Waals surface area contributed by atoms with Crippen LogP contribution in [0.5, 0.6) is 0 Å². The van der Waals surface area contributed by atoms with Crippen LogP contribution in [0.4, 0.5) is 0 Å². The number of nitrogens with zero attached hydrogens (tertiary/aromatic N) is 1. The molecule has 0 saturated carbocycles. The zero-order chi connectivity index (χ0) is 20.6. The molecule has 150 valence electrons. The van der Waals surface area contributed by atoms with E-state index in [1.54, 1.807) is 19.5 Å². The number of ketones is 1. The van der Waals surface area contributed by atoms with E-state index in [-0.39, 0.29) is 17.3 Å². The highest BCUT2D eigenvalue weighted by atomic mass is 16.5. The molecule has 4 nitrogen and oxygen atoms in total. The van der Waals surface area contributed by atoms with Crippen LogP contribution in [0.25, 0.3) is 11.3 Å². The number of fused-ring (bicyclic) bond motifs is 1. The van der Waals surface area contributed by atoms with Crippen LogP contribution < -0.4 is 0 Å². The van der Waals surface area contributed by atoms with Gasteiger partial charge in [0.2, 0.25) is 0 Å². The molecule has 0 spiro atoms. The number of methoxy groups -OCH3 is 1. The van der Waals surface area contributed by atoms with Gasteiger partial charge in [0.15, 0.2) is 5.78 Å². The Balaban J connectivity index is 1.82. The van der Waals surface area contributed by atoms with Crippen molar-refractivity contribution in [3.8, 4) is 11.3 Å². The second-order valence-electron chi connectivity index (χ2n) is 8.81. The number of nitrogens with one attached hydrogen (secondary N) is 1. The number of H-pyrrole nitrogens is 1. The van der Waals surface area contributed by atoms with Crippen LogP contribution >= 0.6 is 0 Å². The highest BCUT2D eigenvalue weighted by Crippen LogP contribution is 2.40. The molecule has 0 aliphatic heterocycles. The Kier molecular flexibility index (Phi) is 5.13. The Morgan fingerprint density at radius 1 is 1.17 bits per heavy atom. The summed E-state index contributed by atoms with van der Waals surface area (Å²) in [6.07, 6.45) is 5.81. The first-order chi connectivity index (χ1) is 13.9. The fourth-order valence-electron chi connectivity index (χ4n) is 4.37. The first-order valence-electron chi connectivity index (χ1n) is 10.2. The van der Waals surface area contributed by atoms with E-state index in [4.69, 9.17) is 4.74 Å². The smallest absolute Gasteiger partial charge is 0.165 e. The lowest BCUT2D eigenvalue weighted by Crippen LogP contribution is -2.27. The largest absolute Gasteiger partial charge is 0.377 e. The van der Waals surface area contributed by atoms with Crippen molar-refractivity contribution >= 4 is 5.78 Å². The molecule has 0 fully saturated rings. The molecule has 0 radical (unpaired) electrons. The maximum atomic E-state index is 13.1. The molecular formula is C25H28N2O2. The zero-order valence-corrected chi connectivity index (χ0v) is 17.6. The third kappa shape index (κ3) is 3.90. The normalized spacial score (nSPS) is 16.5. The molecule has 1 N–H and O–H groups in total. The Hall–Kier alpha value is -2.72. The van der Waals surface area contributed by atoms with Crippen molar-refractivity contribution < 1.29 is 9.53 Å². The summed E-state index contributed by atoms with van der Waals surface area (Å²) >= 11 is 0. The van der Waals surface area contributed by atoms with E-state index in [1.165, 1.54) is 5.56 Å². The zero-order valence-electron chi connectivity index (χ0n) is 17.6. The summed E-state index contributed by atoms with van der Waals surface area (Å²) in [4.78, 5) is 20.9. The molecule has 1 aliphatic rings. The average Bonchev–Trinajstić information content (AvgIpc) is 3.05. The molecule has 0 bridgehead atoms. The maximum absolute atomic E-state index is 13.1. The van der Waals surface area contributed by atoms with E-state index in [2.05, 4.69) is 48.1 Å². The molecule has 0 amide bonds. The van der Waals surface area contributed by atoms with Crippen molar-refractivity contribution in [1.29, 1.82) is 0 Å². The van der Waals surface area contributed by atoms with E-state index >= 15 is 0 Å². The molecule has 4 heteroatoms. The summed E-state index contributed by atoms with van der Waals surface area (Å²) in [5, 5.41) is 0. The van der Waals surface area contributed by atoms with Crippen LogP contribution in [0.3, 0.4) is 0 Å². The van der Waals surface area contributed by atoms with Crippen molar-refractivity contribution in [1.82, 2.24) is 9.97 Å². The van der Waals surface area contributed by atoms with Crippen molar-refractivity contribution in [2.75, 3.05) is 7.11 Å². The van der Waals surface area contributed by atoms with Crippen molar-refractivity contribution in [3.63, 3.8) is 0 Å². The number of aromatic amines is 1. The number of carbonyl (C=O) groups excluding carboxylic acids is 1. The van der Waals surface area contributed by atoms with Gasteiger partial charge in [-0.2, -0.15) is 0 Å². The number of hydrogen-bond donors (Lipinski definition) is 1. The minimum Gasteiger partial charge on any atom is -0.377 e. The van der Waals surface area contributed by atoms with Crippen LogP contribution in [0.1, 0.15) is 66.0 Å². The highest BCUT2D eigenvalue weighted by Gasteiger charge is 2.35. The number of rotatable bonds is 5. The van der Waals surface area contributed by atoms with Gasteiger partial charge in [0, 0.05) is 49.2 Å². The molecule has 2 heterocycles. The SMILES string of the molecule is COC(C)c1cccc(Cc2c(-c3ccncc3)[nH]c3c2C(=O)CC(C)(C)C3)c1. The average molecular weight is 389 g/mol. The Morgan fingerprint density at radius 2 is 1.93 bits per heavy atom. The van der Waals surface area contributed by atoms with Crippen LogP contribution in [-0.4, -0.2) is 22.9 Å². The minimum absolute atomic E-state index is 0.0183. The fourth-order valence-corrected chi connectivity index (χ4v) is 4.37. The summed E-state index contributed by atoms with van der Waals surface area (Å²) in [5.41, 5.74) is 7.46. The fraction of sp³-hybridized carbons (Fsp3) is 0.360. The van der Waals surface area contributed by atoms with Gasteiger partial charge in [0.25, 0.3) is 0 Å². The molecule has 0 saturated heterocycles. The summed E-state index contributed by atoms with van der Waals surface area (Å²) in [6, 6.07) is 12.5. The van der Waals surface area contributed by atoms with Gasteiger partial charge < -0.3 is 9.72 Å². The number of hydrogen-bond acceptors (Lipinski definition) is 3. The van der Waals surface area contributed by atoms with E-state index in [0.717, 1.165) is 40.1 Å². The molecule has 2 aromatic heterocycles. The number of pyridine rings is 1. The topological polar surface area (TPSA) is 55.0 Å². The number of benzene rings is 1. The van der Waals surface area contributed by atoms with Crippen LogP contribution in [0, 0.1) is 5.41 Å². The summed E-state index contributed by atoms with van der Waals surface area (Å²) in [7, 11) is 1.72. The molecular weight excluding hydrogens is 360 g/mol. The van der Waals surface area contributed by atoms with Crippen LogP contribution in [0.15, 0.2) is 48.8 Å². The summed E-state index contributed by atoms with van der Waals surface area (Å²) < 4.78 is 5.48. The number of ether oxygens (including phenoxy) is 1. The van der Waals surface area contributed by atoms with Gasteiger partial charge in [-0.15, -0.1) is 0 Å². The standard InChI is InChI=1S/C25H28N2O2/c1-16(29-4)19-7-5-6-17(12-19)13-20-23-21(14-25(2,3)15-22(23)28)27-24(20)18-8-10-26-11-9-18/h5-12,16,27H,13-15H2,1-4H3. The van der Waals surface area contributed by atoms with Crippen molar-refractivity contribution in [2.24, 2.45) is 5.41 Å². The van der Waals surface area contributed by atoms with Gasteiger partial charge in [0.1, 0.15) is 0 Å². The van der Waals surface area contributed by atoms with Gasteiger partial charge >= 0.3 is 0 Å². The second kappa shape index (κ2) is 7.60. The monoisotopic (exact) mass is 388 g/mol. The lowest BCUT2D eigenvalue weighted by molar-refractivity contribution is 0.0911. The van der Waals surface area contributed by atoms with E-state index in [9.17, 15) is 4.79 Å². The molecule has 4 rings (SSSR count). The second-order valence-corrected chi connectivity index (χ2v) is 8.81. The lowest BCUT2D eigenvalue weighted by Gasteiger charge is -2.28. The highest BCUT2D eigenvalue weighted by molar-refractivity contribution is 6.02. The lowest BCUT2D eigenvalue weighted by atomic mass is 9.75. The van der Waals surface area contributed by atoms with Gasteiger partial charge in [-0.3, -0.25) is 9.78 Å². The molecule has 29 heavy (non-hydrogen) atoms.